The van der Waals surface area contributed by atoms with E-state index in [1.807, 2.05) is 0 Å². The molecule has 0 spiro atoms. The smallest absolute Gasteiger partial charge is 0.217 e. The van der Waals surface area contributed by atoms with E-state index in [1.165, 1.54) is 4.31 Å². The van der Waals surface area contributed by atoms with Crippen LogP contribution in [0.15, 0.2) is 0 Å². The minimum absolute atomic E-state index is 0.481. The van der Waals surface area contributed by atoms with Crippen molar-refractivity contribution >= 4 is 44.8 Å². The number of hydrogen-bond donors (Lipinski definition) is 1. The largest absolute Gasteiger partial charge is 0.388 e. The Morgan fingerprint density at radius 1 is 1.19 bits per heavy atom. The maximum atomic E-state index is 11.8. The van der Waals surface area contributed by atoms with Crippen LogP contribution in [-0.4, -0.2) is 46.6 Å². The number of alkyl halides is 3. The molecule has 1 fully saturated rings. The van der Waals surface area contributed by atoms with Gasteiger partial charge < -0.3 is 5.11 Å². The number of hydrogen-bond acceptors (Lipinski definition) is 3. The van der Waals surface area contributed by atoms with Crippen molar-refractivity contribution in [3.8, 4) is 0 Å². The van der Waals surface area contributed by atoms with Gasteiger partial charge in [-0.3, -0.25) is 0 Å². The predicted octanol–water partition coefficient (Wildman–Crippen LogP) is 1.53. The normalized spacial score (nSPS) is 22.0. The first-order valence-corrected chi connectivity index (χ1v) is 7.70. The second-order valence-electron chi connectivity index (χ2n) is 3.80. The fraction of sp³-hybridized carbons (Fsp3) is 1.00. The van der Waals surface area contributed by atoms with Crippen molar-refractivity contribution in [1.29, 1.82) is 0 Å². The number of nitrogens with zero attached hydrogens (tertiary/aromatic N) is 1. The van der Waals surface area contributed by atoms with Crippen molar-refractivity contribution in [2.45, 2.75) is 29.2 Å². The van der Waals surface area contributed by atoms with Crippen molar-refractivity contribution in [1.82, 2.24) is 4.31 Å². The quantitative estimate of drug-likeness (QED) is 0.804. The first kappa shape index (κ1) is 14.8. The molecule has 0 unspecified atom stereocenters. The van der Waals surface area contributed by atoms with E-state index in [1.54, 1.807) is 0 Å². The lowest BCUT2D eigenvalue weighted by Crippen LogP contribution is -2.43. The van der Waals surface area contributed by atoms with E-state index in [9.17, 15) is 13.5 Å². The number of rotatable bonds is 3. The molecule has 1 heterocycles. The van der Waals surface area contributed by atoms with E-state index < -0.39 is 25.7 Å². The van der Waals surface area contributed by atoms with Gasteiger partial charge in [-0.2, -0.15) is 0 Å². The van der Waals surface area contributed by atoms with E-state index in [2.05, 4.69) is 0 Å². The van der Waals surface area contributed by atoms with Crippen molar-refractivity contribution < 1.29 is 13.5 Å². The fourth-order valence-corrected chi connectivity index (χ4v) is 3.72. The molecule has 4 nitrogen and oxygen atoms in total. The zero-order valence-electron chi connectivity index (χ0n) is 8.57. The van der Waals surface area contributed by atoms with Gasteiger partial charge in [0.1, 0.15) is 6.10 Å². The molecule has 0 aliphatic carbocycles. The molecule has 0 radical (unpaired) electrons. The first-order chi connectivity index (χ1) is 7.23. The van der Waals surface area contributed by atoms with Gasteiger partial charge in [0.25, 0.3) is 0 Å². The maximum Gasteiger partial charge on any atom is 0.217 e. The number of aliphatic hydroxyl groups excluding tert-OH is 1. The van der Waals surface area contributed by atoms with Gasteiger partial charge >= 0.3 is 0 Å². The summed E-state index contributed by atoms with van der Waals surface area (Å²) in [4.78, 5) is 0. The minimum Gasteiger partial charge on any atom is -0.388 e. The summed E-state index contributed by atoms with van der Waals surface area (Å²) in [6, 6.07) is 0. The Hall–Kier alpha value is 0.740. The van der Waals surface area contributed by atoms with Gasteiger partial charge in [0.2, 0.25) is 13.8 Å². The minimum atomic E-state index is -3.54. The lowest BCUT2D eigenvalue weighted by Gasteiger charge is -2.28. The summed E-state index contributed by atoms with van der Waals surface area (Å²) in [5.74, 6) is -0.552. The zero-order valence-corrected chi connectivity index (χ0v) is 11.7. The lowest BCUT2D eigenvalue weighted by molar-refractivity contribution is 0.198. The van der Waals surface area contributed by atoms with Crippen LogP contribution in [0.2, 0.25) is 0 Å². The third-order valence-electron chi connectivity index (χ3n) is 2.45. The van der Waals surface area contributed by atoms with Crippen LogP contribution >= 0.6 is 34.8 Å². The van der Waals surface area contributed by atoms with Crippen LogP contribution in [0.5, 0.6) is 0 Å². The van der Waals surface area contributed by atoms with Crippen LogP contribution < -0.4 is 0 Å². The Morgan fingerprint density at radius 3 is 2.12 bits per heavy atom. The molecule has 0 aromatic rings. The van der Waals surface area contributed by atoms with Crippen LogP contribution in [0.25, 0.3) is 0 Å². The molecule has 0 aromatic heterocycles. The SMILES string of the molecule is O=S(=O)(C[C@@H](O)C(Cl)(Cl)Cl)N1CCCCC1. The number of halogens is 3. The molecule has 1 atom stereocenters. The standard InChI is InChI=1S/C8H14Cl3NO3S/c9-8(10,11)7(13)6-16(14,15)12-4-2-1-3-5-12/h7,13H,1-6H2/t7-/m1/s1. The molecule has 8 heteroatoms. The molecular formula is C8H14Cl3NO3S. The molecular weight excluding hydrogens is 297 g/mol. The average Bonchev–Trinajstić information content (AvgIpc) is 2.17. The van der Waals surface area contributed by atoms with Gasteiger partial charge in [-0.25, -0.2) is 12.7 Å². The Morgan fingerprint density at radius 2 is 1.69 bits per heavy atom. The monoisotopic (exact) mass is 309 g/mol. The highest BCUT2D eigenvalue weighted by molar-refractivity contribution is 7.89. The van der Waals surface area contributed by atoms with Crippen LogP contribution in [0.4, 0.5) is 0 Å². The molecule has 1 N–H and O–H groups in total. The average molecular weight is 311 g/mol. The Labute approximate surface area is 111 Å². The number of piperidine rings is 1. The van der Waals surface area contributed by atoms with Gasteiger partial charge in [0.15, 0.2) is 0 Å². The highest BCUT2D eigenvalue weighted by atomic mass is 35.6. The summed E-state index contributed by atoms with van der Waals surface area (Å²) < 4.78 is 23.0. The summed E-state index contributed by atoms with van der Waals surface area (Å²) in [6.07, 6.45) is 1.19. The van der Waals surface area contributed by atoms with E-state index in [-0.39, 0.29) is 0 Å². The van der Waals surface area contributed by atoms with Crippen LogP contribution in [0.3, 0.4) is 0 Å². The third kappa shape index (κ3) is 4.20. The highest BCUT2D eigenvalue weighted by Crippen LogP contribution is 2.31. The maximum absolute atomic E-state index is 11.8. The summed E-state index contributed by atoms with van der Waals surface area (Å²) in [5, 5.41) is 9.45. The van der Waals surface area contributed by atoms with E-state index in [0.29, 0.717) is 13.1 Å². The Balaban J connectivity index is 2.64. The van der Waals surface area contributed by atoms with Crippen molar-refractivity contribution in [2.24, 2.45) is 0 Å². The summed E-state index contributed by atoms with van der Waals surface area (Å²) in [6.45, 7) is 0.962. The molecule has 1 saturated heterocycles. The van der Waals surface area contributed by atoms with E-state index in [4.69, 9.17) is 34.8 Å². The van der Waals surface area contributed by atoms with Crippen LogP contribution in [0.1, 0.15) is 19.3 Å². The molecule has 1 aliphatic heterocycles. The van der Waals surface area contributed by atoms with Gasteiger partial charge in [0, 0.05) is 13.1 Å². The van der Waals surface area contributed by atoms with Crippen molar-refractivity contribution in [2.75, 3.05) is 18.8 Å². The Kier molecular flexibility index (Phi) is 5.17. The second-order valence-corrected chi connectivity index (χ2v) is 8.18. The van der Waals surface area contributed by atoms with E-state index >= 15 is 0 Å². The Bertz CT molecular complexity index is 322. The highest BCUT2D eigenvalue weighted by Gasteiger charge is 2.36. The van der Waals surface area contributed by atoms with Crippen LogP contribution in [0, 0.1) is 0 Å². The molecule has 0 bridgehead atoms. The van der Waals surface area contributed by atoms with Gasteiger partial charge in [-0.05, 0) is 12.8 Å². The predicted molar refractivity (Wildman–Crippen MR) is 65.5 cm³/mol. The molecule has 96 valence electrons. The molecule has 1 aliphatic rings. The fourth-order valence-electron chi connectivity index (χ4n) is 1.54. The van der Waals surface area contributed by atoms with Crippen molar-refractivity contribution in [3.05, 3.63) is 0 Å². The molecule has 16 heavy (non-hydrogen) atoms. The van der Waals surface area contributed by atoms with E-state index in [0.717, 1.165) is 19.3 Å². The number of aliphatic hydroxyl groups is 1. The zero-order chi connectivity index (χ0) is 12.4. The summed E-state index contributed by atoms with van der Waals surface area (Å²) in [7, 11) is -3.54. The lowest BCUT2D eigenvalue weighted by atomic mass is 10.2. The topological polar surface area (TPSA) is 57.6 Å². The third-order valence-corrected chi connectivity index (χ3v) is 5.10. The van der Waals surface area contributed by atoms with Crippen LogP contribution in [-0.2, 0) is 10.0 Å². The summed E-state index contributed by atoms with van der Waals surface area (Å²) >= 11 is 16.3. The second kappa shape index (κ2) is 5.59. The molecule has 0 aromatic carbocycles. The van der Waals surface area contributed by atoms with Gasteiger partial charge in [-0.15, -0.1) is 0 Å². The molecule has 1 rings (SSSR count). The first-order valence-electron chi connectivity index (χ1n) is 4.96. The molecule has 0 saturated carbocycles. The molecule has 0 amide bonds. The van der Waals surface area contributed by atoms with Gasteiger partial charge in [-0.1, -0.05) is 41.2 Å². The summed E-state index contributed by atoms with van der Waals surface area (Å²) in [5.41, 5.74) is 0. The van der Waals surface area contributed by atoms with Crippen molar-refractivity contribution in [3.63, 3.8) is 0 Å². The van der Waals surface area contributed by atoms with Gasteiger partial charge in [0.05, 0.1) is 5.75 Å². The number of sulfonamides is 1.